The Kier molecular flexibility index (Phi) is 5.75. The predicted molar refractivity (Wildman–Crippen MR) is 82.5 cm³/mol. The Morgan fingerprint density at radius 2 is 1.96 bits per heavy atom. The summed E-state index contributed by atoms with van der Waals surface area (Å²) in [6, 6.07) is 8.54. The van der Waals surface area contributed by atoms with Crippen molar-refractivity contribution in [3.63, 3.8) is 0 Å². The van der Waals surface area contributed by atoms with Gasteiger partial charge in [0.15, 0.2) is 0 Å². The molecule has 122 valence electrons. The maximum Gasteiger partial charge on any atom is 0.292 e. The van der Waals surface area contributed by atoms with Crippen LogP contribution in [0.15, 0.2) is 30.3 Å². The highest BCUT2D eigenvalue weighted by atomic mass is 16.2. The summed E-state index contributed by atoms with van der Waals surface area (Å²) in [6.07, 6.45) is 1.86. The number of para-hydroxylation sites is 1. The van der Waals surface area contributed by atoms with E-state index in [1.54, 1.807) is 0 Å². The molecule has 0 aliphatic heterocycles. The fourth-order valence-corrected chi connectivity index (χ4v) is 1.89. The van der Waals surface area contributed by atoms with Crippen LogP contribution in [-0.4, -0.2) is 44.6 Å². The molecule has 2 rings (SSSR count). The Morgan fingerprint density at radius 1 is 1.22 bits per heavy atom. The molecule has 0 aliphatic carbocycles. The van der Waals surface area contributed by atoms with Gasteiger partial charge in [0.25, 0.3) is 11.7 Å². The van der Waals surface area contributed by atoms with Crippen LogP contribution in [-0.2, 0) is 4.79 Å². The van der Waals surface area contributed by atoms with Gasteiger partial charge in [0.05, 0.1) is 11.7 Å². The summed E-state index contributed by atoms with van der Waals surface area (Å²) in [5.74, 6) is -0.912. The molecule has 0 saturated heterocycles. The summed E-state index contributed by atoms with van der Waals surface area (Å²) in [5, 5.41) is 14.3. The molecule has 0 spiro atoms. The van der Waals surface area contributed by atoms with E-state index in [0.717, 1.165) is 5.69 Å². The number of primary amides is 1. The molecule has 9 heteroatoms. The summed E-state index contributed by atoms with van der Waals surface area (Å²) < 4.78 is 0. The molecule has 0 radical (unpaired) electrons. The molecule has 9 nitrogen and oxygen atoms in total. The van der Waals surface area contributed by atoms with Crippen LogP contribution in [0.5, 0.6) is 0 Å². The number of hydrogen-bond donors (Lipinski definition) is 3. The lowest BCUT2D eigenvalue weighted by molar-refractivity contribution is -0.119. The van der Waals surface area contributed by atoms with Gasteiger partial charge >= 0.3 is 0 Å². The van der Waals surface area contributed by atoms with Gasteiger partial charge in [-0.2, -0.15) is 0 Å². The van der Waals surface area contributed by atoms with Gasteiger partial charge in [-0.15, -0.1) is 15.0 Å². The minimum Gasteiger partial charge on any atom is -0.368 e. The number of nitrogens with two attached hydrogens (primary N) is 2. The highest BCUT2D eigenvalue weighted by Gasteiger charge is 2.13. The third-order valence-electron chi connectivity index (χ3n) is 3.20. The summed E-state index contributed by atoms with van der Waals surface area (Å²) >= 11 is 0. The Labute approximate surface area is 133 Å². The van der Waals surface area contributed by atoms with E-state index in [2.05, 4.69) is 20.7 Å². The zero-order chi connectivity index (χ0) is 16.7. The average molecular weight is 317 g/mol. The van der Waals surface area contributed by atoms with Crippen molar-refractivity contribution in [1.82, 2.24) is 25.5 Å². The molecular weight excluding hydrogens is 298 g/mol. The van der Waals surface area contributed by atoms with E-state index in [9.17, 15) is 9.59 Å². The van der Waals surface area contributed by atoms with Crippen LogP contribution in [0, 0.1) is 0 Å². The first-order valence-electron chi connectivity index (χ1n) is 7.26. The normalized spacial score (nSPS) is 11.9. The predicted octanol–water partition coefficient (Wildman–Crippen LogP) is -0.625. The van der Waals surface area contributed by atoms with Gasteiger partial charge < -0.3 is 16.8 Å². The summed E-state index contributed by atoms with van der Waals surface area (Å²) in [4.78, 5) is 24.0. The quantitative estimate of drug-likeness (QED) is 0.554. The Bertz CT molecular complexity index is 656. The number of nitrogens with one attached hydrogen (secondary N) is 1. The number of hydrogen-bond acceptors (Lipinski definition) is 6. The van der Waals surface area contributed by atoms with Crippen molar-refractivity contribution >= 4 is 11.8 Å². The number of carbonyl (C=O) groups is 2. The summed E-state index contributed by atoms with van der Waals surface area (Å²) in [7, 11) is 0. The standard InChI is InChI=1S/C14H19N7O2/c15-11(12(16)22)8-4-5-9-17-14(23)13-18-20-21(19-13)10-6-2-1-3-7-10/h1-3,6-7,11H,4-5,8-9,15H2,(H2,16,22)(H,17,23)/t11-/m0/s1. The Hall–Kier alpha value is -2.81. The molecule has 2 amide bonds. The van der Waals surface area contributed by atoms with Crippen LogP contribution in [0.1, 0.15) is 29.9 Å². The molecule has 23 heavy (non-hydrogen) atoms. The molecule has 0 saturated carbocycles. The molecule has 2 aromatic rings. The van der Waals surface area contributed by atoms with E-state index in [0.29, 0.717) is 25.8 Å². The van der Waals surface area contributed by atoms with Crippen LogP contribution >= 0.6 is 0 Å². The fraction of sp³-hybridized carbons (Fsp3) is 0.357. The Balaban J connectivity index is 1.76. The van der Waals surface area contributed by atoms with Crippen LogP contribution in [0.4, 0.5) is 0 Å². The number of rotatable bonds is 8. The van der Waals surface area contributed by atoms with Gasteiger partial charge in [-0.05, 0) is 36.6 Å². The third-order valence-corrected chi connectivity index (χ3v) is 3.20. The molecule has 1 aromatic heterocycles. The average Bonchev–Trinajstić information content (AvgIpc) is 3.05. The van der Waals surface area contributed by atoms with Gasteiger partial charge in [-0.1, -0.05) is 18.2 Å². The number of carbonyl (C=O) groups excluding carboxylic acids is 2. The van der Waals surface area contributed by atoms with Crippen molar-refractivity contribution in [3.05, 3.63) is 36.2 Å². The van der Waals surface area contributed by atoms with Crippen molar-refractivity contribution in [3.8, 4) is 5.69 Å². The van der Waals surface area contributed by atoms with E-state index < -0.39 is 17.9 Å². The van der Waals surface area contributed by atoms with Crippen molar-refractivity contribution in [2.75, 3.05) is 6.54 Å². The van der Waals surface area contributed by atoms with Crippen molar-refractivity contribution < 1.29 is 9.59 Å². The zero-order valence-electron chi connectivity index (χ0n) is 12.6. The van der Waals surface area contributed by atoms with Crippen molar-refractivity contribution in [1.29, 1.82) is 0 Å². The second-order valence-corrected chi connectivity index (χ2v) is 5.00. The first kappa shape index (κ1) is 16.6. The van der Waals surface area contributed by atoms with Crippen molar-refractivity contribution in [2.45, 2.75) is 25.3 Å². The first-order chi connectivity index (χ1) is 11.1. The second kappa shape index (κ2) is 7.99. The summed E-state index contributed by atoms with van der Waals surface area (Å²) in [6.45, 7) is 0.435. The SMILES string of the molecule is NC(=O)[C@@H](N)CCCCNC(=O)c1nnn(-c2ccccc2)n1. The van der Waals surface area contributed by atoms with Gasteiger partial charge in [0.1, 0.15) is 0 Å². The number of nitrogens with zero attached hydrogens (tertiary/aromatic N) is 4. The van der Waals surface area contributed by atoms with E-state index in [4.69, 9.17) is 11.5 Å². The largest absolute Gasteiger partial charge is 0.368 e. The maximum atomic E-state index is 11.9. The van der Waals surface area contributed by atoms with E-state index >= 15 is 0 Å². The minimum atomic E-state index is -0.641. The number of unbranched alkanes of at least 4 members (excludes halogenated alkanes) is 1. The Morgan fingerprint density at radius 3 is 2.65 bits per heavy atom. The van der Waals surface area contributed by atoms with Gasteiger partial charge in [-0.25, -0.2) is 0 Å². The molecule has 0 unspecified atom stereocenters. The third kappa shape index (κ3) is 4.85. The highest BCUT2D eigenvalue weighted by Crippen LogP contribution is 2.03. The molecule has 1 atom stereocenters. The lowest BCUT2D eigenvalue weighted by Crippen LogP contribution is -2.36. The zero-order valence-corrected chi connectivity index (χ0v) is 12.6. The minimum absolute atomic E-state index is 0.00249. The maximum absolute atomic E-state index is 11.9. The molecule has 0 aliphatic rings. The topological polar surface area (TPSA) is 142 Å². The van der Waals surface area contributed by atoms with Crippen LogP contribution in [0.25, 0.3) is 5.69 Å². The highest BCUT2D eigenvalue weighted by molar-refractivity contribution is 5.90. The van der Waals surface area contributed by atoms with Gasteiger partial charge in [0, 0.05) is 6.54 Å². The van der Waals surface area contributed by atoms with Gasteiger partial charge in [0.2, 0.25) is 5.91 Å². The second-order valence-electron chi connectivity index (χ2n) is 5.00. The molecular formula is C14H19N7O2. The van der Waals surface area contributed by atoms with Gasteiger partial charge in [-0.3, -0.25) is 9.59 Å². The van der Waals surface area contributed by atoms with Crippen molar-refractivity contribution in [2.24, 2.45) is 11.5 Å². The van der Waals surface area contributed by atoms with Crippen LogP contribution < -0.4 is 16.8 Å². The summed E-state index contributed by atoms with van der Waals surface area (Å²) in [5.41, 5.74) is 11.3. The molecule has 5 N–H and O–H groups in total. The van der Waals surface area contributed by atoms with E-state index in [1.807, 2.05) is 30.3 Å². The number of tetrazole rings is 1. The smallest absolute Gasteiger partial charge is 0.292 e. The molecule has 1 heterocycles. The number of aromatic nitrogens is 4. The molecule has 0 bridgehead atoms. The van der Waals surface area contributed by atoms with Crippen LogP contribution in [0.3, 0.4) is 0 Å². The number of amides is 2. The lowest BCUT2D eigenvalue weighted by atomic mass is 10.1. The fourth-order valence-electron chi connectivity index (χ4n) is 1.89. The van der Waals surface area contributed by atoms with E-state index in [-0.39, 0.29) is 5.82 Å². The monoisotopic (exact) mass is 317 g/mol. The molecule has 0 fully saturated rings. The van der Waals surface area contributed by atoms with Crippen LogP contribution in [0.2, 0.25) is 0 Å². The first-order valence-corrected chi connectivity index (χ1v) is 7.26. The molecule has 1 aromatic carbocycles. The number of benzene rings is 1. The van der Waals surface area contributed by atoms with E-state index in [1.165, 1.54) is 4.80 Å². The lowest BCUT2D eigenvalue weighted by Gasteiger charge is -2.06.